The molecule has 0 spiro atoms. The summed E-state index contributed by atoms with van der Waals surface area (Å²) in [6, 6.07) is 8.08. The second kappa shape index (κ2) is 8.65. The predicted molar refractivity (Wildman–Crippen MR) is 119 cm³/mol. The standard InChI is InChI=1S/C24H27N3O6/c1-14(2)18-10-19(21(29)11-20(18)28)23(31)27-12-16-4-3-15(9-17(16)13-27)22(30)25-5-7-26(8-6-25)24(32)33/h3-4,9-11,14,28-29H,5-8,12-13H2,1-2H3,(H,32,33). The fourth-order valence-corrected chi connectivity index (χ4v) is 4.35. The average molecular weight is 453 g/mol. The van der Waals surface area contributed by atoms with E-state index >= 15 is 0 Å². The molecular weight excluding hydrogens is 426 g/mol. The van der Waals surface area contributed by atoms with Gasteiger partial charge in [-0.1, -0.05) is 19.9 Å². The lowest BCUT2D eigenvalue weighted by molar-refractivity contribution is 0.0624. The second-order valence-electron chi connectivity index (χ2n) is 8.79. The topological polar surface area (TPSA) is 122 Å². The van der Waals surface area contributed by atoms with Gasteiger partial charge in [0.25, 0.3) is 11.8 Å². The van der Waals surface area contributed by atoms with Crippen LogP contribution in [0.1, 0.15) is 57.2 Å². The zero-order valence-electron chi connectivity index (χ0n) is 18.6. The van der Waals surface area contributed by atoms with E-state index in [1.54, 1.807) is 21.9 Å². The zero-order valence-corrected chi connectivity index (χ0v) is 18.6. The molecule has 2 aliphatic rings. The van der Waals surface area contributed by atoms with Crippen molar-refractivity contribution in [3.05, 3.63) is 58.1 Å². The molecule has 4 rings (SSSR count). The number of nitrogens with zero attached hydrogens (tertiary/aromatic N) is 3. The maximum Gasteiger partial charge on any atom is 0.407 e. The summed E-state index contributed by atoms with van der Waals surface area (Å²) in [5.74, 6) is -0.835. The molecule has 3 amide bonds. The number of phenolic OH excluding ortho intramolecular Hbond substituents is 2. The molecule has 9 heteroatoms. The van der Waals surface area contributed by atoms with Crippen LogP contribution in [0.4, 0.5) is 4.79 Å². The third-order valence-corrected chi connectivity index (χ3v) is 6.30. The quantitative estimate of drug-likeness (QED) is 0.657. The first-order chi connectivity index (χ1) is 15.7. The largest absolute Gasteiger partial charge is 0.508 e. The summed E-state index contributed by atoms with van der Waals surface area (Å²) in [5, 5.41) is 29.4. The van der Waals surface area contributed by atoms with Crippen LogP contribution in [-0.2, 0) is 13.1 Å². The van der Waals surface area contributed by atoms with Crippen molar-refractivity contribution in [3.8, 4) is 11.5 Å². The van der Waals surface area contributed by atoms with E-state index in [-0.39, 0.29) is 47.9 Å². The number of amides is 3. The molecule has 174 valence electrons. The lowest BCUT2D eigenvalue weighted by atomic mass is 9.98. The maximum absolute atomic E-state index is 13.1. The van der Waals surface area contributed by atoms with Gasteiger partial charge in [0.1, 0.15) is 11.5 Å². The van der Waals surface area contributed by atoms with Gasteiger partial charge in [0.15, 0.2) is 0 Å². The lowest BCUT2D eigenvalue weighted by Crippen LogP contribution is -2.50. The number of phenols is 2. The summed E-state index contributed by atoms with van der Waals surface area (Å²) in [5.41, 5.74) is 3.01. The minimum Gasteiger partial charge on any atom is -0.508 e. The molecular formula is C24H27N3O6. The van der Waals surface area contributed by atoms with E-state index in [0.717, 1.165) is 11.1 Å². The minimum atomic E-state index is -0.982. The Hall–Kier alpha value is -3.75. The number of carbonyl (C=O) groups is 3. The second-order valence-corrected chi connectivity index (χ2v) is 8.79. The van der Waals surface area contributed by atoms with Gasteiger partial charge in [-0.25, -0.2) is 4.79 Å². The van der Waals surface area contributed by atoms with E-state index in [1.165, 1.54) is 17.0 Å². The van der Waals surface area contributed by atoms with Crippen LogP contribution in [-0.4, -0.2) is 74.1 Å². The number of benzene rings is 2. The Morgan fingerprint density at radius 3 is 2.06 bits per heavy atom. The number of fused-ring (bicyclic) bond motifs is 1. The fraction of sp³-hybridized carbons (Fsp3) is 0.375. The number of rotatable bonds is 3. The van der Waals surface area contributed by atoms with Gasteiger partial charge >= 0.3 is 6.09 Å². The molecule has 0 atom stereocenters. The molecule has 9 nitrogen and oxygen atoms in total. The molecule has 0 unspecified atom stereocenters. The van der Waals surface area contributed by atoms with Crippen molar-refractivity contribution in [3.63, 3.8) is 0 Å². The number of hydrogen-bond acceptors (Lipinski definition) is 5. The molecule has 2 aromatic rings. The van der Waals surface area contributed by atoms with Crippen LogP contribution >= 0.6 is 0 Å². The van der Waals surface area contributed by atoms with E-state index < -0.39 is 6.09 Å². The lowest BCUT2D eigenvalue weighted by Gasteiger charge is -2.33. The Morgan fingerprint density at radius 2 is 1.42 bits per heavy atom. The van der Waals surface area contributed by atoms with E-state index in [2.05, 4.69) is 0 Å². The van der Waals surface area contributed by atoms with Gasteiger partial charge in [0, 0.05) is 50.9 Å². The monoisotopic (exact) mass is 453 g/mol. The Bertz CT molecular complexity index is 1120. The fourth-order valence-electron chi connectivity index (χ4n) is 4.35. The molecule has 1 saturated heterocycles. The highest BCUT2D eigenvalue weighted by atomic mass is 16.4. The van der Waals surface area contributed by atoms with Crippen LogP contribution in [0, 0.1) is 0 Å². The smallest absolute Gasteiger partial charge is 0.407 e. The predicted octanol–water partition coefficient (Wildman–Crippen LogP) is 2.81. The molecule has 2 aromatic carbocycles. The molecule has 3 N–H and O–H groups in total. The van der Waals surface area contributed by atoms with Gasteiger partial charge < -0.3 is 30.0 Å². The van der Waals surface area contributed by atoms with E-state index in [0.29, 0.717) is 37.3 Å². The highest BCUT2D eigenvalue weighted by Gasteiger charge is 2.29. The van der Waals surface area contributed by atoms with E-state index in [9.17, 15) is 24.6 Å². The minimum absolute atomic E-state index is 0.0149. The summed E-state index contributed by atoms with van der Waals surface area (Å²) < 4.78 is 0. The molecule has 2 heterocycles. The zero-order chi connectivity index (χ0) is 23.9. The van der Waals surface area contributed by atoms with Crippen molar-refractivity contribution < 1.29 is 29.7 Å². The number of hydrogen-bond donors (Lipinski definition) is 3. The van der Waals surface area contributed by atoms with Crippen LogP contribution in [0.5, 0.6) is 11.5 Å². The molecule has 0 radical (unpaired) electrons. The van der Waals surface area contributed by atoms with Gasteiger partial charge in [-0.05, 0) is 40.8 Å². The maximum atomic E-state index is 13.1. The third-order valence-electron chi connectivity index (χ3n) is 6.30. The first-order valence-corrected chi connectivity index (χ1v) is 10.9. The van der Waals surface area contributed by atoms with Gasteiger partial charge in [0.05, 0.1) is 5.56 Å². The van der Waals surface area contributed by atoms with Crippen molar-refractivity contribution in [2.75, 3.05) is 26.2 Å². The van der Waals surface area contributed by atoms with Gasteiger partial charge in [-0.15, -0.1) is 0 Å². The first kappa shape index (κ1) is 22.4. The Morgan fingerprint density at radius 1 is 0.788 bits per heavy atom. The van der Waals surface area contributed by atoms with Crippen LogP contribution in [0.2, 0.25) is 0 Å². The molecule has 0 saturated carbocycles. The van der Waals surface area contributed by atoms with Crippen molar-refractivity contribution in [2.24, 2.45) is 0 Å². The van der Waals surface area contributed by atoms with E-state index in [1.807, 2.05) is 19.9 Å². The number of carboxylic acid groups (broad SMARTS) is 1. The van der Waals surface area contributed by atoms with Crippen LogP contribution < -0.4 is 0 Å². The highest BCUT2D eigenvalue weighted by molar-refractivity contribution is 5.98. The van der Waals surface area contributed by atoms with Gasteiger partial charge in [0.2, 0.25) is 0 Å². The van der Waals surface area contributed by atoms with E-state index in [4.69, 9.17) is 5.11 Å². The third kappa shape index (κ3) is 4.30. The molecule has 2 aliphatic heterocycles. The SMILES string of the molecule is CC(C)c1cc(C(=O)N2Cc3ccc(C(=O)N4CCN(C(=O)O)CC4)cc3C2)c(O)cc1O. The van der Waals surface area contributed by atoms with Crippen LogP contribution in [0.25, 0.3) is 0 Å². The average Bonchev–Trinajstić information content (AvgIpc) is 3.21. The number of piperazine rings is 1. The molecule has 0 bridgehead atoms. The van der Waals surface area contributed by atoms with Crippen molar-refractivity contribution in [1.82, 2.24) is 14.7 Å². The van der Waals surface area contributed by atoms with Crippen molar-refractivity contribution >= 4 is 17.9 Å². The molecule has 33 heavy (non-hydrogen) atoms. The normalized spacial score (nSPS) is 15.7. The van der Waals surface area contributed by atoms with Crippen molar-refractivity contribution in [1.29, 1.82) is 0 Å². The summed E-state index contributed by atoms with van der Waals surface area (Å²) in [6.45, 7) is 5.69. The highest BCUT2D eigenvalue weighted by Crippen LogP contribution is 2.34. The Balaban J connectivity index is 1.49. The van der Waals surface area contributed by atoms with Gasteiger partial charge in [-0.2, -0.15) is 0 Å². The molecule has 1 fully saturated rings. The first-order valence-electron chi connectivity index (χ1n) is 10.9. The number of carbonyl (C=O) groups excluding carboxylic acids is 2. The van der Waals surface area contributed by atoms with Crippen molar-refractivity contribution in [2.45, 2.75) is 32.9 Å². The van der Waals surface area contributed by atoms with Crippen LogP contribution in [0.15, 0.2) is 30.3 Å². The summed E-state index contributed by atoms with van der Waals surface area (Å²) in [7, 11) is 0. The molecule has 0 aromatic heterocycles. The Labute approximate surface area is 191 Å². The molecule has 0 aliphatic carbocycles. The summed E-state index contributed by atoms with van der Waals surface area (Å²) >= 11 is 0. The Kier molecular flexibility index (Phi) is 5.88. The van der Waals surface area contributed by atoms with Crippen LogP contribution in [0.3, 0.4) is 0 Å². The summed E-state index contributed by atoms with van der Waals surface area (Å²) in [4.78, 5) is 41.6. The van der Waals surface area contributed by atoms with Gasteiger partial charge in [-0.3, -0.25) is 9.59 Å². The number of aromatic hydroxyl groups is 2. The summed E-state index contributed by atoms with van der Waals surface area (Å²) in [6.07, 6.45) is -0.982.